The summed E-state index contributed by atoms with van der Waals surface area (Å²) in [6.45, 7) is 3.47. The topological polar surface area (TPSA) is 85.9 Å². The van der Waals surface area contributed by atoms with Crippen molar-refractivity contribution < 1.29 is 19.4 Å². The lowest BCUT2D eigenvalue weighted by Gasteiger charge is -2.28. The number of benzene rings is 2. The third-order valence-corrected chi connectivity index (χ3v) is 5.13. The number of anilines is 1. The Kier molecular flexibility index (Phi) is 6.06. The molecule has 0 fully saturated rings. The Morgan fingerprint density at radius 3 is 2.61 bits per heavy atom. The number of ether oxygens (including phenoxy) is 1. The van der Waals surface area contributed by atoms with Crippen molar-refractivity contribution in [1.82, 2.24) is 0 Å². The molecule has 7 nitrogen and oxygen atoms in total. The van der Waals surface area contributed by atoms with Gasteiger partial charge in [-0.05, 0) is 30.2 Å². The molecular weight excluding hydrogens is 358 g/mol. The number of nitrogens with one attached hydrogen (secondary N) is 2. The van der Waals surface area contributed by atoms with Gasteiger partial charge < -0.3 is 15.0 Å². The summed E-state index contributed by atoms with van der Waals surface area (Å²) in [4.78, 5) is 24.4. The van der Waals surface area contributed by atoms with Gasteiger partial charge in [-0.1, -0.05) is 30.3 Å². The minimum atomic E-state index is -0.496. The second-order valence-corrected chi connectivity index (χ2v) is 6.81. The Labute approximate surface area is 163 Å². The van der Waals surface area contributed by atoms with Crippen molar-refractivity contribution in [2.45, 2.75) is 19.4 Å². The number of carbonyl (C=O) groups excluding carboxylic acids is 1. The number of rotatable bonds is 6. The molecule has 0 bridgehead atoms. The maximum absolute atomic E-state index is 12.7. The number of nitro benzene ring substituents is 1. The van der Waals surface area contributed by atoms with E-state index in [0.29, 0.717) is 11.4 Å². The average molecular weight is 382 g/mol. The third kappa shape index (κ3) is 4.37. The number of non-ortho nitro benzene ring substituents is 1. The van der Waals surface area contributed by atoms with E-state index in [0.717, 1.165) is 24.4 Å². The lowest BCUT2D eigenvalue weighted by Crippen LogP contribution is -3.17. The normalized spacial score (nSPS) is 17.4. The summed E-state index contributed by atoms with van der Waals surface area (Å²) >= 11 is 0. The van der Waals surface area contributed by atoms with Crippen molar-refractivity contribution in [2.24, 2.45) is 0 Å². The van der Waals surface area contributed by atoms with Gasteiger partial charge in [0.05, 0.1) is 30.8 Å². The zero-order valence-corrected chi connectivity index (χ0v) is 16.0. The fourth-order valence-electron chi connectivity index (χ4n) is 3.39. The van der Waals surface area contributed by atoms with E-state index >= 15 is 0 Å². The summed E-state index contributed by atoms with van der Waals surface area (Å²) in [7, 11) is 1.46. The first-order valence-electron chi connectivity index (χ1n) is 9.22. The van der Waals surface area contributed by atoms with Gasteiger partial charge in [0.1, 0.15) is 5.75 Å². The Morgan fingerprint density at radius 2 is 2.00 bits per heavy atom. The largest absolute Gasteiger partial charge is 0.495 e. The highest BCUT2D eigenvalue weighted by atomic mass is 16.6. The first kappa shape index (κ1) is 19.6. The van der Waals surface area contributed by atoms with Crippen molar-refractivity contribution in [3.05, 3.63) is 70.3 Å². The van der Waals surface area contributed by atoms with Gasteiger partial charge in [0.15, 0.2) is 6.04 Å². The minimum Gasteiger partial charge on any atom is -0.495 e. The van der Waals surface area contributed by atoms with Gasteiger partial charge in [0, 0.05) is 18.6 Å². The number of amides is 1. The monoisotopic (exact) mass is 382 g/mol. The van der Waals surface area contributed by atoms with E-state index in [1.54, 1.807) is 0 Å². The highest BCUT2D eigenvalue weighted by Gasteiger charge is 2.28. The van der Waals surface area contributed by atoms with Crippen molar-refractivity contribution in [3.63, 3.8) is 0 Å². The summed E-state index contributed by atoms with van der Waals surface area (Å²) in [5.74, 6) is 0.205. The summed E-state index contributed by atoms with van der Waals surface area (Å²) in [5, 5.41) is 13.8. The van der Waals surface area contributed by atoms with Gasteiger partial charge in [0.25, 0.3) is 11.6 Å². The second-order valence-electron chi connectivity index (χ2n) is 6.81. The van der Waals surface area contributed by atoms with Crippen molar-refractivity contribution in [3.8, 4) is 5.75 Å². The van der Waals surface area contributed by atoms with Crippen molar-refractivity contribution in [1.29, 1.82) is 0 Å². The van der Waals surface area contributed by atoms with E-state index in [1.807, 2.05) is 25.1 Å². The van der Waals surface area contributed by atoms with Gasteiger partial charge in [-0.25, -0.2) is 0 Å². The zero-order chi connectivity index (χ0) is 20.1. The van der Waals surface area contributed by atoms with Crippen LogP contribution in [0.1, 0.15) is 18.9 Å². The highest BCUT2D eigenvalue weighted by molar-refractivity contribution is 5.95. The molecule has 1 amide bonds. The van der Waals surface area contributed by atoms with E-state index < -0.39 is 4.92 Å². The maximum atomic E-state index is 12.7. The molecule has 1 heterocycles. The van der Waals surface area contributed by atoms with Crippen LogP contribution in [0.5, 0.6) is 5.75 Å². The standard InChI is InChI=1S/C21H23N3O4/c1-15(23-12-10-17(11-13-23)16-6-4-3-5-7-16)21(25)22-19-14-18(24(26)27)8-9-20(19)28-2/h3-10,14-15H,11-13H2,1-2H3,(H,22,25)/p+1/t15-/m0/s1. The average Bonchev–Trinajstić information content (AvgIpc) is 2.73. The molecule has 1 aliphatic heterocycles. The van der Waals surface area contributed by atoms with Crippen LogP contribution in [-0.4, -0.2) is 37.1 Å². The van der Waals surface area contributed by atoms with Gasteiger partial charge >= 0.3 is 0 Å². The number of hydrogen-bond acceptors (Lipinski definition) is 4. The molecule has 0 saturated carbocycles. The van der Waals surface area contributed by atoms with Crippen LogP contribution >= 0.6 is 0 Å². The predicted octanol–water partition coefficient (Wildman–Crippen LogP) is 2.30. The molecule has 2 aromatic rings. The molecular formula is C21H24N3O4+. The molecule has 2 aromatic carbocycles. The third-order valence-electron chi connectivity index (χ3n) is 5.13. The molecule has 1 unspecified atom stereocenters. The van der Waals surface area contributed by atoms with Gasteiger partial charge in [-0.3, -0.25) is 14.9 Å². The Bertz CT molecular complexity index is 896. The molecule has 3 rings (SSSR count). The van der Waals surface area contributed by atoms with Crippen LogP contribution in [0.15, 0.2) is 54.6 Å². The second kappa shape index (κ2) is 8.67. The van der Waals surface area contributed by atoms with Crippen molar-refractivity contribution >= 4 is 22.9 Å². The lowest BCUT2D eigenvalue weighted by atomic mass is 9.99. The van der Waals surface area contributed by atoms with Crippen LogP contribution in [0.25, 0.3) is 5.57 Å². The van der Waals surface area contributed by atoms with Gasteiger partial charge in [-0.15, -0.1) is 0 Å². The van der Waals surface area contributed by atoms with Crippen LogP contribution in [0.3, 0.4) is 0 Å². The van der Waals surface area contributed by atoms with Crippen molar-refractivity contribution in [2.75, 3.05) is 25.5 Å². The molecule has 0 spiro atoms. The van der Waals surface area contributed by atoms with Crippen LogP contribution < -0.4 is 15.0 Å². The molecule has 146 valence electrons. The molecule has 2 atom stereocenters. The first-order chi connectivity index (χ1) is 13.5. The SMILES string of the molecule is COc1ccc([N+](=O)[O-])cc1NC(=O)[C@H](C)[NH+]1CC=C(c2ccccc2)CC1. The van der Waals surface area contributed by atoms with E-state index in [9.17, 15) is 14.9 Å². The number of nitro groups is 1. The molecule has 2 N–H and O–H groups in total. The van der Waals surface area contributed by atoms with E-state index in [-0.39, 0.29) is 17.6 Å². The minimum absolute atomic E-state index is 0.0930. The number of quaternary nitrogens is 1. The smallest absolute Gasteiger partial charge is 0.282 e. The summed E-state index contributed by atoms with van der Waals surface area (Å²) in [6, 6.07) is 14.1. The Morgan fingerprint density at radius 1 is 1.25 bits per heavy atom. The quantitative estimate of drug-likeness (QED) is 0.593. The lowest BCUT2D eigenvalue weighted by molar-refractivity contribution is -0.909. The van der Waals surface area contributed by atoms with Gasteiger partial charge in [0.2, 0.25) is 0 Å². The first-order valence-corrected chi connectivity index (χ1v) is 9.22. The van der Waals surface area contributed by atoms with Gasteiger partial charge in [-0.2, -0.15) is 0 Å². The molecule has 28 heavy (non-hydrogen) atoms. The molecule has 0 saturated heterocycles. The fraction of sp³-hybridized carbons (Fsp3) is 0.286. The Balaban J connectivity index is 1.68. The number of nitrogens with zero attached hydrogens (tertiary/aromatic N) is 1. The van der Waals surface area contributed by atoms with E-state index in [1.165, 1.54) is 36.4 Å². The summed E-state index contributed by atoms with van der Waals surface area (Å²) in [6.07, 6.45) is 3.09. The molecule has 0 aromatic heterocycles. The van der Waals surface area contributed by atoms with E-state index in [4.69, 9.17) is 4.74 Å². The highest BCUT2D eigenvalue weighted by Crippen LogP contribution is 2.28. The van der Waals surface area contributed by atoms with E-state index in [2.05, 4.69) is 23.5 Å². The number of methoxy groups -OCH3 is 1. The summed E-state index contributed by atoms with van der Waals surface area (Å²) in [5.41, 5.74) is 2.74. The Hall–Kier alpha value is -3.19. The maximum Gasteiger partial charge on any atom is 0.282 e. The number of hydrogen-bond donors (Lipinski definition) is 2. The fourth-order valence-corrected chi connectivity index (χ4v) is 3.39. The van der Waals surface area contributed by atoms with Crippen LogP contribution in [0.2, 0.25) is 0 Å². The summed E-state index contributed by atoms with van der Waals surface area (Å²) < 4.78 is 5.22. The predicted molar refractivity (Wildman–Crippen MR) is 107 cm³/mol. The molecule has 0 radical (unpaired) electrons. The van der Waals surface area contributed by atoms with Crippen LogP contribution in [0.4, 0.5) is 11.4 Å². The molecule has 1 aliphatic rings. The molecule has 0 aliphatic carbocycles. The zero-order valence-electron chi connectivity index (χ0n) is 16.0. The number of carbonyl (C=O) groups is 1. The molecule has 7 heteroatoms. The van der Waals surface area contributed by atoms with Crippen LogP contribution in [0, 0.1) is 10.1 Å². The van der Waals surface area contributed by atoms with Crippen LogP contribution in [-0.2, 0) is 4.79 Å².